The molecule has 0 unspecified atom stereocenters. The van der Waals surface area contributed by atoms with E-state index in [2.05, 4.69) is 10.5 Å². The van der Waals surface area contributed by atoms with Crippen molar-refractivity contribution in [2.45, 2.75) is 32.1 Å². The number of carboxylic acid groups (broad SMARTS) is 1. The maximum absolute atomic E-state index is 13.0. The number of aliphatic carboxylic acids is 1. The molecule has 0 fully saturated rings. The number of carbonyl (C=O) groups excluding carboxylic acids is 1. The number of benzene rings is 1. The van der Waals surface area contributed by atoms with Gasteiger partial charge in [-0.2, -0.15) is 5.10 Å². The molecule has 1 aromatic carbocycles. The van der Waals surface area contributed by atoms with E-state index < -0.39 is 17.5 Å². The summed E-state index contributed by atoms with van der Waals surface area (Å²) in [6.45, 7) is 0. The van der Waals surface area contributed by atoms with Crippen LogP contribution in [0.4, 0.5) is 4.39 Å². The van der Waals surface area contributed by atoms with Gasteiger partial charge in [-0.3, -0.25) is 9.59 Å². The second-order valence-electron chi connectivity index (χ2n) is 4.46. The molecule has 6 nitrogen and oxygen atoms in total. The number of hydrogen-bond acceptors (Lipinski definition) is 4. The zero-order valence-electron chi connectivity index (χ0n) is 11.4. The van der Waals surface area contributed by atoms with Gasteiger partial charge in [-0.1, -0.05) is 6.42 Å². The van der Waals surface area contributed by atoms with Gasteiger partial charge in [-0.25, -0.2) is 9.82 Å². The van der Waals surface area contributed by atoms with E-state index in [1.807, 2.05) is 0 Å². The Morgan fingerprint density at radius 2 is 1.95 bits per heavy atom. The van der Waals surface area contributed by atoms with Crippen LogP contribution >= 0.6 is 0 Å². The number of hydrazone groups is 1. The molecule has 0 spiro atoms. The van der Waals surface area contributed by atoms with Gasteiger partial charge in [0.1, 0.15) is 0 Å². The Morgan fingerprint density at radius 1 is 1.24 bits per heavy atom. The molecule has 1 amide bonds. The summed E-state index contributed by atoms with van der Waals surface area (Å²) in [6.07, 6.45) is 3.41. The Kier molecular flexibility index (Phi) is 6.86. The van der Waals surface area contributed by atoms with Gasteiger partial charge in [0.15, 0.2) is 11.6 Å². The van der Waals surface area contributed by atoms with Crippen LogP contribution in [0.2, 0.25) is 0 Å². The average molecular weight is 296 g/mol. The molecule has 114 valence electrons. The van der Waals surface area contributed by atoms with Crippen LogP contribution in [0, 0.1) is 5.82 Å². The van der Waals surface area contributed by atoms with Crippen molar-refractivity contribution < 1.29 is 24.2 Å². The van der Waals surface area contributed by atoms with Crippen molar-refractivity contribution in [3.05, 3.63) is 29.6 Å². The number of unbranched alkanes of at least 4 members (excludes halogenated alkanes) is 2. The molecule has 0 heterocycles. The number of nitrogens with one attached hydrogen (secondary N) is 1. The molecule has 0 saturated heterocycles. The van der Waals surface area contributed by atoms with Crippen LogP contribution in [-0.2, 0) is 9.59 Å². The van der Waals surface area contributed by atoms with Gasteiger partial charge in [0, 0.05) is 12.8 Å². The summed E-state index contributed by atoms with van der Waals surface area (Å²) in [7, 11) is 0. The Hall–Kier alpha value is -2.44. The van der Waals surface area contributed by atoms with Crippen molar-refractivity contribution in [2.24, 2.45) is 5.10 Å². The van der Waals surface area contributed by atoms with E-state index in [9.17, 15) is 14.0 Å². The number of rotatable bonds is 8. The number of hydrogen-bond donors (Lipinski definition) is 3. The molecule has 0 aliphatic heterocycles. The molecule has 0 saturated carbocycles. The first-order valence-corrected chi connectivity index (χ1v) is 6.51. The number of halogens is 1. The van der Waals surface area contributed by atoms with Crippen molar-refractivity contribution in [2.75, 3.05) is 0 Å². The van der Waals surface area contributed by atoms with Crippen LogP contribution in [0.1, 0.15) is 37.7 Å². The van der Waals surface area contributed by atoms with Crippen LogP contribution in [0.25, 0.3) is 0 Å². The SMILES string of the molecule is O=C(O)CCCCCC(=O)N/N=C/c1ccc(O)c(F)c1. The Morgan fingerprint density at radius 3 is 2.62 bits per heavy atom. The van der Waals surface area contributed by atoms with E-state index in [-0.39, 0.29) is 18.7 Å². The van der Waals surface area contributed by atoms with Crippen LogP contribution in [0.5, 0.6) is 5.75 Å². The minimum Gasteiger partial charge on any atom is -0.505 e. The summed E-state index contributed by atoms with van der Waals surface area (Å²) >= 11 is 0. The maximum atomic E-state index is 13.0. The molecule has 1 rings (SSSR count). The summed E-state index contributed by atoms with van der Waals surface area (Å²) < 4.78 is 13.0. The Balaban J connectivity index is 2.24. The lowest BCUT2D eigenvalue weighted by molar-refractivity contribution is -0.137. The van der Waals surface area contributed by atoms with E-state index in [1.54, 1.807) is 0 Å². The monoisotopic (exact) mass is 296 g/mol. The second-order valence-corrected chi connectivity index (χ2v) is 4.46. The topological polar surface area (TPSA) is 99.0 Å². The van der Waals surface area contributed by atoms with E-state index in [4.69, 9.17) is 10.2 Å². The highest BCUT2D eigenvalue weighted by Crippen LogP contribution is 2.14. The highest BCUT2D eigenvalue weighted by Gasteiger charge is 2.02. The average Bonchev–Trinajstić information content (AvgIpc) is 2.42. The first-order chi connectivity index (χ1) is 9.99. The van der Waals surface area contributed by atoms with Crippen LogP contribution < -0.4 is 5.43 Å². The van der Waals surface area contributed by atoms with Gasteiger partial charge in [-0.05, 0) is 36.6 Å². The van der Waals surface area contributed by atoms with Crippen molar-refractivity contribution in [3.8, 4) is 5.75 Å². The summed E-state index contributed by atoms with van der Waals surface area (Å²) in [5.41, 5.74) is 2.70. The third kappa shape index (κ3) is 7.05. The number of carbonyl (C=O) groups is 2. The van der Waals surface area contributed by atoms with E-state index in [1.165, 1.54) is 18.3 Å². The molecule has 3 N–H and O–H groups in total. The van der Waals surface area contributed by atoms with Crippen molar-refractivity contribution >= 4 is 18.1 Å². The standard InChI is InChI=1S/C14H17FN2O4/c15-11-8-10(6-7-12(11)18)9-16-17-13(19)4-2-1-3-5-14(20)21/h6-9,18H,1-5H2,(H,17,19)(H,20,21)/b16-9+. The summed E-state index contributed by atoms with van der Waals surface area (Å²) in [6, 6.07) is 3.75. The molecular weight excluding hydrogens is 279 g/mol. The quantitative estimate of drug-likeness (QED) is 0.388. The minimum absolute atomic E-state index is 0.103. The normalized spacial score (nSPS) is 10.7. The zero-order chi connectivity index (χ0) is 15.7. The predicted molar refractivity (Wildman–Crippen MR) is 74.5 cm³/mol. The van der Waals surface area contributed by atoms with Gasteiger partial charge < -0.3 is 10.2 Å². The fraction of sp³-hybridized carbons (Fsp3) is 0.357. The number of amides is 1. The first kappa shape index (κ1) is 16.6. The van der Waals surface area contributed by atoms with Gasteiger partial charge in [0.05, 0.1) is 6.21 Å². The molecule has 21 heavy (non-hydrogen) atoms. The van der Waals surface area contributed by atoms with Crippen LogP contribution in [0.15, 0.2) is 23.3 Å². The third-order valence-electron chi connectivity index (χ3n) is 2.67. The number of phenolic OH excluding ortho intramolecular Hbond substituents is 1. The van der Waals surface area contributed by atoms with E-state index in [0.29, 0.717) is 24.8 Å². The lowest BCUT2D eigenvalue weighted by Gasteiger charge is -2.00. The smallest absolute Gasteiger partial charge is 0.303 e. The Bertz CT molecular complexity index is 532. The van der Waals surface area contributed by atoms with Crippen LogP contribution in [0.3, 0.4) is 0 Å². The highest BCUT2D eigenvalue weighted by molar-refractivity contribution is 5.82. The lowest BCUT2D eigenvalue weighted by atomic mass is 10.1. The van der Waals surface area contributed by atoms with Gasteiger partial charge >= 0.3 is 5.97 Å². The number of nitrogens with zero attached hydrogens (tertiary/aromatic N) is 1. The predicted octanol–water partition coefficient (Wildman–Crippen LogP) is 2.02. The zero-order valence-corrected chi connectivity index (χ0v) is 11.4. The summed E-state index contributed by atoms with van der Waals surface area (Å²) in [5.74, 6) is -2.34. The van der Waals surface area contributed by atoms with E-state index >= 15 is 0 Å². The molecule has 0 aromatic heterocycles. The van der Waals surface area contributed by atoms with Crippen molar-refractivity contribution in [1.82, 2.24) is 5.43 Å². The van der Waals surface area contributed by atoms with Crippen LogP contribution in [-0.4, -0.2) is 28.3 Å². The first-order valence-electron chi connectivity index (χ1n) is 6.51. The fourth-order valence-corrected chi connectivity index (χ4v) is 1.58. The maximum Gasteiger partial charge on any atom is 0.303 e. The second kappa shape index (κ2) is 8.68. The highest BCUT2D eigenvalue weighted by atomic mass is 19.1. The van der Waals surface area contributed by atoms with Crippen molar-refractivity contribution in [3.63, 3.8) is 0 Å². The number of phenols is 1. The molecule has 7 heteroatoms. The number of aromatic hydroxyl groups is 1. The molecule has 0 atom stereocenters. The molecule has 0 bridgehead atoms. The van der Waals surface area contributed by atoms with Crippen molar-refractivity contribution in [1.29, 1.82) is 0 Å². The molecule has 0 aliphatic rings. The van der Waals surface area contributed by atoms with Gasteiger partial charge in [0.2, 0.25) is 5.91 Å². The van der Waals surface area contributed by atoms with Gasteiger partial charge in [0.25, 0.3) is 0 Å². The molecular formula is C14H17FN2O4. The molecule has 0 radical (unpaired) electrons. The third-order valence-corrected chi connectivity index (χ3v) is 2.67. The Labute approximate surface area is 121 Å². The minimum atomic E-state index is -0.842. The summed E-state index contributed by atoms with van der Waals surface area (Å²) in [4.78, 5) is 21.7. The number of carboxylic acids is 1. The van der Waals surface area contributed by atoms with E-state index in [0.717, 1.165) is 6.07 Å². The molecule has 0 aliphatic carbocycles. The van der Waals surface area contributed by atoms with Gasteiger partial charge in [-0.15, -0.1) is 0 Å². The lowest BCUT2D eigenvalue weighted by Crippen LogP contribution is -2.16. The summed E-state index contributed by atoms with van der Waals surface area (Å²) in [5, 5.41) is 21.1. The molecule has 1 aromatic rings. The largest absolute Gasteiger partial charge is 0.505 e. The fourth-order valence-electron chi connectivity index (χ4n) is 1.58.